The number of hydrogen-bond acceptors (Lipinski definition) is 3. The zero-order chi connectivity index (χ0) is 18.6. The van der Waals surface area contributed by atoms with Gasteiger partial charge < -0.3 is 10.1 Å². The number of amides is 1. The first-order chi connectivity index (χ1) is 13.2. The molecule has 3 aromatic rings. The summed E-state index contributed by atoms with van der Waals surface area (Å²) in [5, 5.41) is 7.28. The molecule has 5 heteroatoms. The molecule has 1 heterocycles. The minimum atomic E-state index is -0.192. The van der Waals surface area contributed by atoms with Crippen LogP contribution >= 0.6 is 0 Å². The number of ether oxygens (including phenoxy) is 1. The van der Waals surface area contributed by atoms with Crippen LogP contribution in [0.15, 0.2) is 66.9 Å². The normalized spacial score (nSPS) is 14.6. The van der Waals surface area contributed by atoms with E-state index in [1.807, 2.05) is 65.3 Å². The van der Waals surface area contributed by atoms with Gasteiger partial charge in [-0.2, -0.15) is 5.10 Å². The summed E-state index contributed by atoms with van der Waals surface area (Å²) < 4.78 is 7.72. The van der Waals surface area contributed by atoms with Crippen molar-refractivity contribution in [1.29, 1.82) is 0 Å². The predicted octanol–water partition coefficient (Wildman–Crippen LogP) is 4.54. The first-order valence-electron chi connectivity index (χ1n) is 9.33. The van der Waals surface area contributed by atoms with Crippen LogP contribution in [0.1, 0.15) is 25.8 Å². The predicted molar refractivity (Wildman–Crippen MR) is 106 cm³/mol. The molecule has 27 heavy (non-hydrogen) atoms. The SMILES string of the molecule is CC(C1CC1)n1nccc1NC(=O)COc1ccccc1-c1ccccc1. The topological polar surface area (TPSA) is 56.2 Å². The number of carbonyl (C=O) groups is 1. The monoisotopic (exact) mass is 361 g/mol. The lowest BCUT2D eigenvalue weighted by Gasteiger charge is -2.16. The van der Waals surface area contributed by atoms with Crippen molar-refractivity contribution in [3.63, 3.8) is 0 Å². The number of para-hydroxylation sites is 1. The van der Waals surface area contributed by atoms with Crippen LogP contribution in [0.5, 0.6) is 5.75 Å². The second-order valence-electron chi connectivity index (χ2n) is 6.94. The molecule has 1 aliphatic carbocycles. The molecular formula is C22H23N3O2. The van der Waals surface area contributed by atoms with Crippen LogP contribution in [0.4, 0.5) is 5.82 Å². The van der Waals surface area contributed by atoms with Gasteiger partial charge in [-0.3, -0.25) is 4.79 Å². The van der Waals surface area contributed by atoms with Gasteiger partial charge in [-0.25, -0.2) is 4.68 Å². The van der Waals surface area contributed by atoms with Gasteiger partial charge in [0.05, 0.1) is 12.2 Å². The Bertz CT molecular complexity index is 916. The highest BCUT2D eigenvalue weighted by atomic mass is 16.5. The fourth-order valence-corrected chi connectivity index (χ4v) is 3.29. The highest BCUT2D eigenvalue weighted by Gasteiger charge is 2.30. The standard InChI is InChI=1S/C22H23N3O2/c1-16(17-11-12-17)25-21(13-14-23-25)24-22(26)15-27-20-10-6-5-9-19(20)18-7-3-2-4-8-18/h2-10,13-14,16-17H,11-12,15H2,1H3,(H,24,26). The fraction of sp³-hybridized carbons (Fsp3) is 0.273. The lowest BCUT2D eigenvalue weighted by molar-refractivity contribution is -0.118. The number of anilines is 1. The summed E-state index contributed by atoms with van der Waals surface area (Å²) in [7, 11) is 0. The fourth-order valence-electron chi connectivity index (χ4n) is 3.29. The molecule has 0 bridgehead atoms. The Morgan fingerprint density at radius 1 is 1.15 bits per heavy atom. The summed E-state index contributed by atoms with van der Waals surface area (Å²) in [6.07, 6.45) is 4.18. The number of rotatable bonds is 7. The molecule has 0 aliphatic heterocycles. The Balaban J connectivity index is 1.42. The van der Waals surface area contributed by atoms with E-state index < -0.39 is 0 Å². The molecule has 0 saturated heterocycles. The third-order valence-electron chi connectivity index (χ3n) is 4.96. The molecule has 0 radical (unpaired) electrons. The number of nitrogens with one attached hydrogen (secondary N) is 1. The molecule has 1 aliphatic rings. The highest BCUT2D eigenvalue weighted by Crippen LogP contribution is 2.40. The molecule has 1 fully saturated rings. The average Bonchev–Trinajstić information content (AvgIpc) is 3.46. The van der Waals surface area contributed by atoms with Gasteiger partial charge in [0.1, 0.15) is 11.6 Å². The third kappa shape index (κ3) is 4.03. The van der Waals surface area contributed by atoms with Crippen molar-refractivity contribution in [1.82, 2.24) is 9.78 Å². The summed E-state index contributed by atoms with van der Waals surface area (Å²) in [5.74, 6) is 1.88. The van der Waals surface area contributed by atoms with E-state index in [0.29, 0.717) is 17.7 Å². The van der Waals surface area contributed by atoms with Crippen LogP contribution in [0.3, 0.4) is 0 Å². The minimum Gasteiger partial charge on any atom is -0.483 e. The van der Waals surface area contributed by atoms with Crippen molar-refractivity contribution >= 4 is 11.7 Å². The number of aromatic nitrogens is 2. The molecule has 1 unspecified atom stereocenters. The van der Waals surface area contributed by atoms with Crippen LogP contribution in [-0.2, 0) is 4.79 Å². The first kappa shape index (κ1) is 17.3. The van der Waals surface area contributed by atoms with Gasteiger partial charge in [0.15, 0.2) is 6.61 Å². The van der Waals surface area contributed by atoms with E-state index >= 15 is 0 Å². The van der Waals surface area contributed by atoms with E-state index in [-0.39, 0.29) is 12.5 Å². The van der Waals surface area contributed by atoms with Gasteiger partial charge in [0.25, 0.3) is 5.91 Å². The Kier molecular flexibility index (Phi) is 4.92. The molecule has 5 nitrogen and oxygen atoms in total. The molecule has 138 valence electrons. The first-order valence-corrected chi connectivity index (χ1v) is 9.33. The summed E-state index contributed by atoms with van der Waals surface area (Å²) in [5.41, 5.74) is 2.03. The van der Waals surface area contributed by atoms with E-state index in [0.717, 1.165) is 16.9 Å². The molecule has 1 saturated carbocycles. The van der Waals surface area contributed by atoms with Crippen LogP contribution in [-0.4, -0.2) is 22.3 Å². The Morgan fingerprint density at radius 3 is 2.67 bits per heavy atom. The van der Waals surface area contributed by atoms with Crippen molar-refractivity contribution in [2.24, 2.45) is 5.92 Å². The minimum absolute atomic E-state index is 0.0488. The highest BCUT2D eigenvalue weighted by molar-refractivity contribution is 5.91. The van der Waals surface area contributed by atoms with Gasteiger partial charge in [0, 0.05) is 11.6 Å². The molecule has 1 aromatic heterocycles. The molecule has 1 atom stereocenters. The lowest BCUT2D eigenvalue weighted by Crippen LogP contribution is -2.23. The van der Waals surface area contributed by atoms with Gasteiger partial charge in [-0.1, -0.05) is 48.5 Å². The Labute approximate surface area is 159 Å². The average molecular weight is 361 g/mol. The van der Waals surface area contributed by atoms with E-state index in [2.05, 4.69) is 17.3 Å². The van der Waals surface area contributed by atoms with Crippen LogP contribution in [0, 0.1) is 5.92 Å². The third-order valence-corrected chi connectivity index (χ3v) is 4.96. The molecule has 1 amide bonds. The maximum Gasteiger partial charge on any atom is 0.263 e. The van der Waals surface area contributed by atoms with Crippen molar-refractivity contribution in [3.8, 4) is 16.9 Å². The van der Waals surface area contributed by atoms with Crippen LogP contribution in [0.25, 0.3) is 11.1 Å². The number of carbonyl (C=O) groups excluding carboxylic acids is 1. The molecule has 4 rings (SSSR count). The zero-order valence-corrected chi connectivity index (χ0v) is 15.3. The summed E-state index contributed by atoms with van der Waals surface area (Å²) >= 11 is 0. The van der Waals surface area contributed by atoms with Crippen molar-refractivity contribution in [2.75, 3.05) is 11.9 Å². The smallest absolute Gasteiger partial charge is 0.263 e. The zero-order valence-electron chi connectivity index (χ0n) is 15.3. The van der Waals surface area contributed by atoms with Gasteiger partial charge >= 0.3 is 0 Å². The summed E-state index contributed by atoms with van der Waals surface area (Å²) in [6, 6.07) is 19.9. The molecular weight excluding hydrogens is 338 g/mol. The van der Waals surface area contributed by atoms with Crippen molar-refractivity contribution < 1.29 is 9.53 Å². The number of benzene rings is 2. The Morgan fingerprint density at radius 2 is 1.89 bits per heavy atom. The number of hydrogen-bond donors (Lipinski definition) is 1. The van der Waals surface area contributed by atoms with E-state index in [1.165, 1.54) is 12.8 Å². The van der Waals surface area contributed by atoms with E-state index in [1.54, 1.807) is 6.20 Å². The molecule has 1 N–H and O–H groups in total. The van der Waals surface area contributed by atoms with Gasteiger partial charge in [-0.15, -0.1) is 0 Å². The largest absolute Gasteiger partial charge is 0.483 e. The Hall–Kier alpha value is -3.08. The lowest BCUT2D eigenvalue weighted by atomic mass is 10.1. The van der Waals surface area contributed by atoms with Crippen LogP contribution < -0.4 is 10.1 Å². The number of nitrogens with zero attached hydrogens (tertiary/aromatic N) is 2. The molecule has 0 spiro atoms. The maximum absolute atomic E-state index is 12.4. The van der Waals surface area contributed by atoms with E-state index in [4.69, 9.17) is 4.74 Å². The summed E-state index contributed by atoms with van der Waals surface area (Å²) in [6.45, 7) is 2.10. The van der Waals surface area contributed by atoms with Gasteiger partial charge in [0.2, 0.25) is 0 Å². The quantitative estimate of drug-likeness (QED) is 0.672. The second-order valence-corrected chi connectivity index (χ2v) is 6.94. The van der Waals surface area contributed by atoms with Crippen molar-refractivity contribution in [3.05, 3.63) is 66.9 Å². The maximum atomic E-state index is 12.4. The molecule has 2 aromatic carbocycles. The van der Waals surface area contributed by atoms with Crippen molar-refractivity contribution in [2.45, 2.75) is 25.8 Å². The second kappa shape index (κ2) is 7.66. The van der Waals surface area contributed by atoms with Gasteiger partial charge in [-0.05, 0) is 37.3 Å². The van der Waals surface area contributed by atoms with E-state index in [9.17, 15) is 4.79 Å². The summed E-state index contributed by atoms with van der Waals surface area (Å²) in [4.78, 5) is 12.4. The van der Waals surface area contributed by atoms with Crippen LogP contribution in [0.2, 0.25) is 0 Å².